The third kappa shape index (κ3) is 4.21. The number of nitrogens with one attached hydrogen (secondary N) is 1. The molecule has 1 aromatic heterocycles. The van der Waals surface area contributed by atoms with Gasteiger partial charge in [0, 0.05) is 11.1 Å². The lowest BCUT2D eigenvalue weighted by Crippen LogP contribution is -2.13. The van der Waals surface area contributed by atoms with E-state index in [1.807, 2.05) is 36.4 Å². The second-order valence-electron chi connectivity index (χ2n) is 5.19. The molecule has 3 aromatic rings. The maximum atomic E-state index is 6.03. The van der Waals surface area contributed by atoms with Gasteiger partial charge in [-0.05, 0) is 13.0 Å². The predicted octanol–water partition coefficient (Wildman–Crippen LogP) is 4.93. The van der Waals surface area contributed by atoms with Gasteiger partial charge in [-0.15, -0.1) is 12.4 Å². The first-order valence-corrected chi connectivity index (χ1v) is 7.69. The van der Waals surface area contributed by atoms with E-state index in [4.69, 9.17) is 9.40 Å². The number of rotatable bonds is 6. The van der Waals surface area contributed by atoms with Gasteiger partial charge in [0.15, 0.2) is 5.76 Å². The van der Waals surface area contributed by atoms with Crippen molar-refractivity contribution in [2.75, 3.05) is 6.54 Å². The first-order chi connectivity index (χ1) is 10.9. The van der Waals surface area contributed by atoms with Crippen LogP contribution in [0, 0.1) is 0 Å². The molecule has 23 heavy (non-hydrogen) atoms. The minimum absolute atomic E-state index is 0. The Hall–Kier alpha value is -2.10. The summed E-state index contributed by atoms with van der Waals surface area (Å²) in [5.41, 5.74) is 3.03. The van der Waals surface area contributed by atoms with E-state index in [2.05, 4.69) is 36.5 Å². The van der Waals surface area contributed by atoms with E-state index in [1.54, 1.807) is 0 Å². The monoisotopic (exact) mass is 328 g/mol. The van der Waals surface area contributed by atoms with Crippen LogP contribution in [0.4, 0.5) is 0 Å². The van der Waals surface area contributed by atoms with Crippen LogP contribution in [0.25, 0.3) is 22.6 Å². The number of halogens is 1. The van der Waals surface area contributed by atoms with Crippen molar-refractivity contribution < 1.29 is 4.42 Å². The molecular weight excluding hydrogens is 308 g/mol. The van der Waals surface area contributed by atoms with Gasteiger partial charge >= 0.3 is 0 Å². The fourth-order valence-electron chi connectivity index (χ4n) is 2.39. The zero-order valence-electron chi connectivity index (χ0n) is 13.2. The first-order valence-electron chi connectivity index (χ1n) is 7.69. The van der Waals surface area contributed by atoms with Crippen molar-refractivity contribution in [2.45, 2.75) is 19.9 Å². The van der Waals surface area contributed by atoms with Gasteiger partial charge in [0.1, 0.15) is 5.69 Å². The zero-order valence-corrected chi connectivity index (χ0v) is 14.0. The molecule has 0 spiro atoms. The van der Waals surface area contributed by atoms with E-state index in [0.717, 1.165) is 41.4 Å². The highest BCUT2D eigenvalue weighted by Gasteiger charge is 2.16. The van der Waals surface area contributed by atoms with Gasteiger partial charge in [0.05, 0.1) is 6.54 Å². The van der Waals surface area contributed by atoms with Crippen LogP contribution in [0.5, 0.6) is 0 Å². The third-order valence-electron chi connectivity index (χ3n) is 3.46. The minimum Gasteiger partial charge on any atom is -0.439 e. The molecule has 1 heterocycles. The van der Waals surface area contributed by atoms with E-state index < -0.39 is 0 Å². The van der Waals surface area contributed by atoms with Crippen molar-refractivity contribution >= 4 is 12.4 Å². The molecule has 0 bridgehead atoms. The minimum atomic E-state index is 0. The van der Waals surface area contributed by atoms with Crippen molar-refractivity contribution in [3.8, 4) is 22.6 Å². The Morgan fingerprint density at radius 2 is 1.52 bits per heavy atom. The highest BCUT2D eigenvalue weighted by Crippen LogP contribution is 2.32. The van der Waals surface area contributed by atoms with Gasteiger partial charge < -0.3 is 9.73 Å². The van der Waals surface area contributed by atoms with Crippen molar-refractivity contribution in [1.82, 2.24) is 10.3 Å². The quantitative estimate of drug-likeness (QED) is 0.652. The molecule has 0 atom stereocenters. The number of nitrogens with zero attached hydrogens (tertiary/aromatic N) is 1. The maximum absolute atomic E-state index is 6.03. The highest BCUT2D eigenvalue weighted by molar-refractivity contribution is 5.85. The summed E-state index contributed by atoms with van der Waals surface area (Å²) < 4.78 is 6.03. The molecule has 1 N–H and O–H groups in total. The molecule has 0 radical (unpaired) electrons. The zero-order chi connectivity index (χ0) is 15.2. The van der Waals surface area contributed by atoms with E-state index in [1.165, 1.54) is 0 Å². The Balaban J connectivity index is 0.00000192. The van der Waals surface area contributed by atoms with E-state index in [-0.39, 0.29) is 12.4 Å². The van der Waals surface area contributed by atoms with Gasteiger partial charge in [0.25, 0.3) is 0 Å². The summed E-state index contributed by atoms with van der Waals surface area (Å²) in [5.74, 6) is 1.56. The summed E-state index contributed by atoms with van der Waals surface area (Å²) in [6.07, 6.45) is 1.10. The molecular formula is C19H21ClN2O. The summed E-state index contributed by atoms with van der Waals surface area (Å²) in [4.78, 5) is 4.70. The highest BCUT2D eigenvalue weighted by atomic mass is 35.5. The molecule has 0 saturated heterocycles. The molecule has 0 aliphatic carbocycles. The Bertz CT molecular complexity index is 654. The van der Waals surface area contributed by atoms with Crippen LogP contribution in [0.3, 0.4) is 0 Å². The van der Waals surface area contributed by atoms with Crippen LogP contribution in [0.1, 0.15) is 19.2 Å². The van der Waals surface area contributed by atoms with Crippen LogP contribution in [0.2, 0.25) is 0 Å². The van der Waals surface area contributed by atoms with Crippen molar-refractivity contribution in [3.63, 3.8) is 0 Å². The van der Waals surface area contributed by atoms with Crippen LogP contribution < -0.4 is 5.32 Å². The molecule has 120 valence electrons. The summed E-state index contributed by atoms with van der Waals surface area (Å²) in [6, 6.07) is 20.3. The Morgan fingerprint density at radius 1 is 0.913 bits per heavy atom. The Kier molecular flexibility index (Phi) is 6.39. The number of hydrogen-bond acceptors (Lipinski definition) is 3. The fourth-order valence-corrected chi connectivity index (χ4v) is 2.39. The molecule has 2 aromatic carbocycles. The number of benzene rings is 2. The van der Waals surface area contributed by atoms with Crippen LogP contribution in [-0.2, 0) is 6.54 Å². The van der Waals surface area contributed by atoms with E-state index in [0.29, 0.717) is 6.54 Å². The topological polar surface area (TPSA) is 38.1 Å². The average Bonchev–Trinajstić information content (AvgIpc) is 3.01. The van der Waals surface area contributed by atoms with E-state index in [9.17, 15) is 0 Å². The standard InChI is InChI=1S/C19H20N2O.ClH/c1-2-13-20-14-17-21-18(15-9-5-3-6-10-15)19(22-17)16-11-7-4-8-12-16;/h3-12,20H,2,13-14H2,1H3;1H. The predicted molar refractivity (Wildman–Crippen MR) is 96.6 cm³/mol. The SMILES string of the molecule is CCCNCc1nc(-c2ccccc2)c(-c2ccccc2)o1.Cl. The first kappa shape index (κ1) is 17.3. The second kappa shape index (κ2) is 8.51. The Labute approximate surface area is 143 Å². The lowest BCUT2D eigenvalue weighted by Gasteiger charge is -2.00. The molecule has 0 amide bonds. The number of hydrogen-bond donors (Lipinski definition) is 1. The average molecular weight is 329 g/mol. The van der Waals surface area contributed by atoms with Crippen LogP contribution in [0.15, 0.2) is 65.1 Å². The fraction of sp³-hybridized carbons (Fsp3) is 0.211. The van der Waals surface area contributed by atoms with Crippen molar-refractivity contribution in [2.24, 2.45) is 0 Å². The van der Waals surface area contributed by atoms with Crippen LogP contribution in [-0.4, -0.2) is 11.5 Å². The number of aromatic nitrogens is 1. The summed E-state index contributed by atoms with van der Waals surface area (Å²) in [7, 11) is 0. The van der Waals surface area contributed by atoms with Gasteiger partial charge in [-0.2, -0.15) is 0 Å². The van der Waals surface area contributed by atoms with Gasteiger partial charge in [0.2, 0.25) is 5.89 Å². The molecule has 0 aliphatic rings. The van der Waals surface area contributed by atoms with Crippen LogP contribution >= 0.6 is 12.4 Å². The lowest BCUT2D eigenvalue weighted by molar-refractivity contribution is 0.478. The summed E-state index contributed by atoms with van der Waals surface area (Å²) in [5, 5.41) is 3.34. The normalized spacial score (nSPS) is 10.3. The van der Waals surface area contributed by atoms with Gasteiger partial charge in [-0.3, -0.25) is 0 Å². The van der Waals surface area contributed by atoms with Gasteiger partial charge in [-0.25, -0.2) is 4.98 Å². The van der Waals surface area contributed by atoms with E-state index >= 15 is 0 Å². The largest absolute Gasteiger partial charge is 0.439 e. The maximum Gasteiger partial charge on any atom is 0.209 e. The number of oxazole rings is 1. The molecule has 0 saturated carbocycles. The van der Waals surface area contributed by atoms with Crippen molar-refractivity contribution in [3.05, 3.63) is 66.6 Å². The Morgan fingerprint density at radius 3 is 2.13 bits per heavy atom. The molecule has 0 fully saturated rings. The third-order valence-corrected chi connectivity index (χ3v) is 3.46. The molecule has 0 unspecified atom stereocenters. The molecule has 3 nitrogen and oxygen atoms in total. The summed E-state index contributed by atoms with van der Waals surface area (Å²) >= 11 is 0. The molecule has 0 aliphatic heterocycles. The van der Waals surface area contributed by atoms with Crippen molar-refractivity contribution in [1.29, 1.82) is 0 Å². The summed E-state index contributed by atoms with van der Waals surface area (Å²) in [6.45, 7) is 3.76. The smallest absolute Gasteiger partial charge is 0.209 e. The molecule has 3 rings (SSSR count). The second-order valence-corrected chi connectivity index (χ2v) is 5.19. The molecule has 4 heteroatoms. The lowest BCUT2D eigenvalue weighted by atomic mass is 10.1. The van der Waals surface area contributed by atoms with Gasteiger partial charge in [-0.1, -0.05) is 67.6 Å².